The number of rotatable bonds is 2. The number of hydrogen-bond donors (Lipinski definition) is 3. The fourth-order valence-electron chi connectivity index (χ4n) is 1.92. The van der Waals surface area contributed by atoms with Crippen LogP contribution in [0.2, 0.25) is 0 Å². The van der Waals surface area contributed by atoms with E-state index in [1.54, 1.807) is 11.8 Å². The van der Waals surface area contributed by atoms with Gasteiger partial charge < -0.3 is 10.3 Å². The van der Waals surface area contributed by atoms with E-state index in [1.165, 1.54) is 0 Å². The van der Waals surface area contributed by atoms with Gasteiger partial charge in [-0.2, -0.15) is 0 Å². The lowest BCUT2D eigenvalue weighted by molar-refractivity contribution is -0.117. The highest BCUT2D eigenvalue weighted by atomic mass is 32.2. The molecule has 1 saturated heterocycles. The number of carbonyl (C=O) groups is 1. The van der Waals surface area contributed by atoms with Crippen LogP contribution < -0.4 is 10.6 Å². The van der Waals surface area contributed by atoms with Gasteiger partial charge in [0.25, 0.3) is 0 Å². The Kier molecular flexibility index (Phi) is 2.78. The second kappa shape index (κ2) is 4.43. The quantitative estimate of drug-likeness (QED) is 0.758. The third-order valence-corrected chi connectivity index (χ3v) is 3.80. The molecule has 1 aromatic heterocycles. The first kappa shape index (κ1) is 10.7. The molecule has 1 fully saturated rings. The second-order valence-corrected chi connectivity index (χ2v) is 5.07. The van der Waals surface area contributed by atoms with E-state index >= 15 is 0 Å². The van der Waals surface area contributed by atoms with Gasteiger partial charge in [0.05, 0.1) is 6.04 Å². The number of carbonyl (C=O) groups excluding carboxylic acids is 1. The number of fused-ring (bicyclic) bond motifs is 1. The van der Waals surface area contributed by atoms with Crippen molar-refractivity contribution in [3.8, 4) is 0 Å². The molecule has 88 valence electrons. The SMILES string of the molecule is O=C(Nc1ccc2cc[nH]c2c1)C1CSCN1. The summed E-state index contributed by atoms with van der Waals surface area (Å²) in [5, 5.41) is 7.23. The fraction of sp³-hybridized carbons (Fsp3) is 0.250. The third-order valence-electron chi connectivity index (χ3n) is 2.86. The van der Waals surface area contributed by atoms with Gasteiger partial charge in [0.15, 0.2) is 0 Å². The zero-order chi connectivity index (χ0) is 11.7. The van der Waals surface area contributed by atoms with Gasteiger partial charge >= 0.3 is 0 Å². The summed E-state index contributed by atoms with van der Waals surface area (Å²) in [5.41, 5.74) is 1.88. The zero-order valence-corrected chi connectivity index (χ0v) is 10.0. The summed E-state index contributed by atoms with van der Waals surface area (Å²) in [6.45, 7) is 0. The van der Waals surface area contributed by atoms with Crippen LogP contribution in [0.15, 0.2) is 30.5 Å². The van der Waals surface area contributed by atoms with E-state index in [9.17, 15) is 4.79 Å². The van der Waals surface area contributed by atoms with Gasteiger partial charge in [-0.25, -0.2) is 0 Å². The Morgan fingerprint density at radius 2 is 2.35 bits per heavy atom. The molecule has 5 heteroatoms. The molecule has 1 aliphatic heterocycles. The summed E-state index contributed by atoms with van der Waals surface area (Å²) in [6.07, 6.45) is 1.89. The molecule has 1 unspecified atom stereocenters. The molecule has 1 atom stereocenters. The lowest BCUT2D eigenvalue weighted by Gasteiger charge is -2.10. The molecule has 0 aliphatic carbocycles. The van der Waals surface area contributed by atoms with Crippen molar-refractivity contribution in [3.05, 3.63) is 30.5 Å². The second-order valence-electron chi connectivity index (χ2n) is 4.04. The number of nitrogens with one attached hydrogen (secondary N) is 3. The van der Waals surface area contributed by atoms with Gasteiger partial charge in [-0.1, -0.05) is 6.07 Å². The van der Waals surface area contributed by atoms with E-state index in [-0.39, 0.29) is 11.9 Å². The largest absolute Gasteiger partial charge is 0.361 e. The van der Waals surface area contributed by atoms with E-state index in [1.807, 2.05) is 30.5 Å². The number of aromatic amines is 1. The minimum atomic E-state index is -0.0701. The molecular formula is C12H13N3OS. The maximum absolute atomic E-state index is 11.9. The summed E-state index contributed by atoms with van der Waals surface area (Å²) in [5.74, 6) is 1.74. The molecule has 1 aromatic carbocycles. The van der Waals surface area contributed by atoms with Crippen LogP contribution in [0.25, 0.3) is 10.9 Å². The average Bonchev–Trinajstić information content (AvgIpc) is 2.99. The summed E-state index contributed by atoms with van der Waals surface area (Å²) in [6, 6.07) is 7.82. The molecule has 2 heterocycles. The lowest BCUT2D eigenvalue weighted by Crippen LogP contribution is -2.37. The van der Waals surface area contributed by atoms with Crippen molar-refractivity contribution < 1.29 is 4.79 Å². The zero-order valence-electron chi connectivity index (χ0n) is 9.19. The molecule has 0 saturated carbocycles. The minimum Gasteiger partial charge on any atom is -0.361 e. The Bertz CT molecular complexity index is 545. The number of hydrogen-bond acceptors (Lipinski definition) is 3. The van der Waals surface area contributed by atoms with Gasteiger partial charge in [0.1, 0.15) is 0 Å². The van der Waals surface area contributed by atoms with Crippen LogP contribution in [0, 0.1) is 0 Å². The van der Waals surface area contributed by atoms with Gasteiger partial charge in [0.2, 0.25) is 5.91 Å². The van der Waals surface area contributed by atoms with Crippen LogP contribution >= 0.6 is 11.8 Å². The topological polar surface area (TPSA) is 56.9 Å². The summed E-state index contributed by atoms with van der Waals surface area (Å²) < 4.78 is 0. The normalized spacial score (nSPS) is 19.6. The third kappa shape index (κ3) is 2.16. The minimum absolute atomic E-state index is 0.0425. The number of amides is 1. The standard InChI is InChI=1S/C12H13N3OS/c16-12(11-6-17-7-14-11)15-9-2-1-8-3-4-13-10(8)5-9/h1-5,11,13-14H,6-7H2,(H,15,16). The molecule has 0 radical (unpaired) electrons. The summed E-state index contributed by atoms with van der Waals surface area (Å²) >= 11 is 1.75. The first-order valence-electron chi connectivity index (χ1n) is 5.52. The molecule has 0 spiro atoms. The maximum atomic E-state index is 11.9. The lowest BCUT2D eigenvalue weighted by atomic mass is 10.2. The van der Waals surface area contributed by atoms with Crippen molar-refractivity contribution in [2.45, 2.75) is 6.04 Å². The number of anilines is 1. The highest BCUT2D eigenvalue weighted by Crippen LogP contribution is 2.18. The van der Waals surface area contributed by atoms with Crippen molar-refractivity contribution in [2.24, 2.45) is 0 Å². The molecule has 17 heavy (non-hydrogen) atoms. The van der Waals surface area contributed by atoms with E-state index in [2.05, 4.69) is 15.6 Å². The predicted molar refractivity (Wildman–Crippen MR) is 71.2 cm³/mol. The highest BCUT2D eigenvalue weighted by molar-refractivity contribution is 7.99. The average molecular weight is 247 g/mol. The van der Waals surface area contributed by atoms with E-state index in [4.69, 9.17) is 0 Å². The van der Waals surface area contributed by atoms with Crippen molar-refractivity contribution >= 4 is 34.3 Å². The number of thioether (sulfide) groups is 1. The molecule has 1 aliphatic rings. The molecule has 4 nitrogen and oxygen atoms in total. The Labute approximate surface area is 103 Å². The van der Waals surface area contributed by atoms with Crippen LogP contribution in [0.3, 0.4) is 0 Å². The van der Waals surface area contributed by atoms with E-state index in [0.29, 0.717) is 0 Å². The Morgan fingerprint density at radius 3 is 3.18 bits per heavy atom. The summed E-state index contributed by atoms with van der Waals surface area (Å²) in [4.78, 5) is 15.0. The highest BCUT2D eigenvalue weighted by Gasteiger charge is 2.22. The monoisotopic (exact) mass is 247 g/mol. The van der Waals surface area contributed by atoms with Gasteiger partial charge in [-0.3, -0.25) is 10.1 Å². The van der Waals surface area contributed by atoms with E-state index in [0.717, 1.165) is 28.2 Å². The molecule has 3 N–H and O–H groups in total. The van der Waals surface area contributed by atoms with Crippen molar-refractivity contribution in [3.63, 3.8) is 0 Å². The van der Waals surface area contributed by atoms with Crippen LogP contribution in [-0.2, 0) is 4.79 Å². The number of aromatic nitrogens is 1. The fourth-order valence-corrected chi connectivity index (χ4v) is 2.86. The number of benzene rings is 1. The van der Waals surface area contributed by atoms with Gasteiger partial charge in [0, 0.05) is 29.0 Å². The van der Waals surface area contributed by atoms with Crippen LogP contribution in [-0.4, -0.2) is 28.6 Å². The molecule has 0 bridgehead atoms. The Balaban J connectivity index is 1.77. The molecule has 1 amide bonds. The van der Waals surface area contributed by atoms with Crippen LogP contribution in [0.4, 0.5) is 5.69 Å². The predicted octanol–water partition coefficient (Wildman–Crippen LogP) is 1.77. The molecular weight excluding hydrogens is 234 g/mol. The summed E-state index contributed by atoms with van der Waals surface area (Å²) in [7, 11) is 0. The van der Waals surface area contributed by atoms with Gasteiger partial charge in [-0.15, -0.1) is 11.8 Å². The molecule has 3 rings (SSSR count). The van der Waals surface area contributed by atoms with Crippen LogP contribution in [0.1, 0.15) is 0 Å². The molecule has 2 aromatic rings. The maximum Gasteiger partial charge on any atom is 0.242 e. The smallest absolute Gasteiger partial charge is 0.242 e. The van der Waals surface area contributed by atoms with Crippen LogP contribution in [0.5, 0.6) is 0 Å². The first-order valence-corrected chi connectivity index (χ1v) is 6.67. The first-order chi connectivity index (χ1) is 8.33. The van der Waals surface area contributed by atoms with Crippen molar-refractivity contribution in [1.29, 1.82) is 0 Å². The Morgan fingerprint density at radius 1 is 1.41 bits per heavy atom. The van der Waals surface area contributed by atoms with Crippen molar-refractivity contribution in [2.75, 3.05) is 16.9 Å². The van der Waals surface area contributed by atoms with Crippen molar-refractivity contribution in [1.82, 2.24) is 10.3 Å². The van der Waals surface area contributed by atoms with Gasteiger partial charge in [-0.05, 0) is 23.6 Å². The Hall–Kier alpha value is -1.46. The number of H-pyrrole nitrogens is 1. The van der Waals surface area contributed by atoms with E-state index < -0.39 is 0 Å².